The molecule has 2 aliphatic carbocycles. The number of carbonyl (C=O) groups excluding carboxylic acids is 3. The third-order valence-electron chi connectivity index (χ3n) is 8.30. The highest BCUT2D eigenvalue weighted by atomic mass is 32.2. The minimum Gasteiger partial charge on any atom is -0.379 e. The molecule has 2 heterocycles. The smallest absolute Gasteiger partial charge is 0.336 e. The molecule has 2 saturated heterocycles. The Kier molecular flexibility index (Phi) is 12.0. The third-order valence-corrected chi connectivity index (χ3v) is 9.47. The summed E-state index contributed by atoms with van der Waals surface area (Å²) in [5, 5.41) is 14.1. The van der Waals surface area contributed by atoms with Crippen molar-refractivity contribution < 1.29 is 19.1 Å². The standard InChI is InChI=1S/C26H45N11O4S/c1-17-4-2-5-20(16-17)36(28)26(40)31-19-8-6-18(7-9-19)22-21(23(38)32-34-27)24(42-33-22)37(29)25(39)30-10-3-11-35-12-14-41-15-13-35/h5-6,8,17-19,21-22,24,33H,2-4,7,9-16,28-29H2,1H3,(H,30,39)(H,31,40)(H2,27,32,38). The molecule has 4 aliphatic rings. The second-order valence-corrected chi connectivity index (χ2v) is 12.3. The second kappa shape index (κ2) is 15.6. The SMILES string of the molecule is CC1CCC=C(N(N)C(=O)NC2C=CC(C3NSC(N(N)C(=O)NCCCN4CCOCC4)C3C(=O)N=NN)CC2)C1. The number of rotatable bonds is 9. The average Bonchev–Trinajstić information content (AvgIpc) is 3.45. The van der Waals surface area contributed by atoms with Crippen LogP contribution >= 0.6 is 11.9 Å². The number of hydrogen-bond acceptors (Lipinski definition) is 10. The van der Waals surface area contributed by atoms with E-state index in [0.717, 1.165) is 69.2 Å². The van der Waals surface area contributed by atoms with E-state index >= 15 is 0 Å². The Bertz CT molecular complexity index is 1040. The molecule has 6 atom stereocenters. The molecule has 42 heavy (non-hydrogen) atoms. The van der Waals surface area contributed by atoms with Gasteiger partial charge in [0, 0.05) is 37.4 Å². The molecule has 0 bridgehead atoms. The summed E-state index contributed by atoms with van der Waals surface area (Å²) in [7, 11) is 0. The molecule has 0 aromatic heterocycles. The lowest BCUT2D eigenvalue weighted by Crippen LogP contribution is -2.54. The van der Waals surface area contributed by atoms with Gasteiger partial charge in [-0.05, 0) is 56.9 Å². The van der Waals surface area contributed by atoms with Crippen LogP contribution in [-0.2, 0) is 9.53 Å². The van der Waals surface area contributed by atoms with Crippen molar-refractivity contribution in [2.45, 2.75) is 62.9 Å². The van der Waals surface area contributed by atoms with Crippen LogP contribution in [0.25, 0.3) is 0 Å². The Balaban J connectivity index is 1.31. The highest BCUT2D eigenvalue weighted by Crippen LogP contribution is 2.38. The summed E-state index contributed by atoms with van der Waals surface area (Å²) in [5.41, 5.74) is 0.838. The van der Waals surface area contributed by atoms with Gasteiger partial charge in [-0.25, -0.2) is 31.3 Å². The number of carbonyl (C=O) groups is 3. The Morgan fingerprint density at radius 1 is 1.17 bits per heavy atom. The van der Waals surface area contributed by atoms with Gasteiger partial charge in [0.15, 0.2) is 0 Å². The zero-order valence-corrected chi connectivity index (χ0v) is 25.0. The van der Waals surface area contributed by atoms with Crippen LogP contribution in [0.1, 0.15) is 45.4 Å². The zero-order valence-electron chi connectivity index (χ0n) is 24.2. The van der Waals surface area contributed by atoms with Gasteiger partial charge < -0.3 is 21.2 Å². The van der Waals surface area contributed by atoms with Crippen molar-refractivity contribution in [1.82, 2.24) is 30.3 Å². The van der Waals surface area contributed by atoms with Crippen molar-refractivity contribution in [2.75, 3.05) is 39.4 Å². The minimum absolute atomic E-state index is 0.0709. The Hall–Kier alpha value is -2.76. The van der Waals surface area contributed by atoms with E-state index in [2.05, 4.69) is 37.5 Å². The van der Waals surface area contributed by atoms with Gasteiger partial charge in [-0.15, -0.1) is 0 Å². The van der Waals surface area contributed by atoms with Gasteiger partial charge in [0.2, 0.25) is 0 Å². The molecule has 2 fully saturated rings. The first-order valence-electron chi connectivity index (χ1n) is 14.7. The summed E-state index contributed by atoms with van der Waals surface area (Å²) in [6.07, 6.45) is 10.8. The summed E-state index contributed by atoms with van der Waals surface area (Å²) in [4.78, 5) is 40.9. The fourth-order valence-corrected chi connectivity index (χ4v) is 7.14. The number of urea groups is 2. The molecule has 16 heteroatoms. The van der Waals surface area contributed by atoms with E-state index in [9.17, 15) is 14.4 Å². The molecule has 15 nitrogen and oxygen atoms in total. The van der Waals surface area contributed by atoms with Crippen LogP contribution < -0.4 is 32.9 Å². The lowest BCUT2D eigenvalue weighted by Gasteiger charge is -2.32. The average molecular weight is 608 g/mol. The number of hydrazine groups is 2. The maximum atomic E-state index is 13.0. The van der Waals surface area contributed by atoms with E-state index in [0.29, 0.717) is 25.3 Å². The highest BCUT2D eigenvalue weighted by Gasteiger charge is 2.48. The van der Waals surface area contributed by atoms with Gasteiger partial charge in [0.1, 0.15) is 5.37 Å². The van der Waals surface area contributed by atoms with Crippen molar-refractivity contribution in [2.24, 2.45) is 45.6 Å². The Morgan fingerprint density at radius 2 is 1.95 bits per heavy atom. The number of nitrogens with zero attached hydrogens (tertiary/aromatic N) is 5. The van der Waals surface area contributed by atoms with Crippen LogP contribution in [0.2, 0.25) is 0 Å². The molecule has 9 N–H and O–H groups in total. The maximum Gasteiger partial charge on any atom is 0.336 e. The number of morpholine rings is 1. The molecule has 234 valence electrons. The fourth-order valence-electron chi connectivity index (χ4n) is 5.88. The van der Waals surface area contributed by atoms with Crippen LogP contribution in [-0.4, -0.2) is 89.7 Å². The normalized spacial score (nSPS) is 30.1. The molecular formula is C26H45N11O4S. The zero-order chi connectivity index (χ0) is 30.1. The lowest BCUT2D eigenvalue weighted by atomic mass is 9.81. The Morgan fingerprint density at radius 3 is 2.64 bits per heavy atom. The van der Waals surface area contributed by atoms with Crippen molar-refractivity contribution in [1.29, 1.82) is 0 Å². The predicted molar refractivity (Wildman–Crippen MR) is 158 cm³/mol. The summed E-state index contributed by atoms with van der Waals surface area (Å²) >= 11 is 1.21. The minimum atomic E-state index is -0.771. The molecule has 5 amide bonds. The maximum absolute atomic E-state index is 13.0. The van der Waals surface area contributed by atoms with Crippen LogP contribution in [0.5, 0.6) is 0 Å². The summed E-state index contributed by atoms with van der Waals surface area (Å²) < 4.78 is 8.65. The molecule has 0 saturated carbocycles. The second-order valence-electron chi connectivity index (χ2n) is 11.3. The first-order valence-corrected chi connectivity index (χ1v) is 15.6. The van der Waals surface area contributed by atoms with Crippen molar-refractivity contribution in [3.8, 4) is 0 Å². The number of ether oxygens (including phenoxy) is 1. The number of allylic oxidation sites excluding steroid dienone is 2. The largest absolute Gasteiger partial charge is 0.379 e. The number of nitrogens with one attached hydrogen (secondary N) is 3. The van der Waals surface area contributed by atoms with Crippen molar-refractivity contribution in [3.05, 3.63) is 23.9 Å². The van der Waals surface area contributed by atoms with E-state index in [1.165, 1.54) is 17.0 Å². The summed E-state index contributed by atoms with van der Waals surface area (Å²) in [5.74, 6) is 16.6. The molecular weight excluding hydrogens is 562 g/mol. The van der Waals surface area contributed by atoms with Gasteiger partial charge in [0.25, 0.3) is 5.91 Å². The van der Waals surface area contributed by atoms with E-state index in [-0.39, 0.29) is 24.0 Å². The van der Waals surface area contributed by atoms with Gasteiger partial charge in [-0.1, -0.05) is 47.4 Å². The quantitative estimate of drug-likeness (QED) is 0.0415. The molecule has 6 unspecified atom stereocenters. The van der Waals surface area contributed by atoms with Crippen LogP contribution in [0.15, 0.2) is 34.3 Å². The van der Waals surface area contributed by atoms with Gasteiger partial charge in [0.05, 0.1) is 19.1 Å². The van der Waals surface area contributed by atoms with Gasteiger partial charge in [-0.2, -0.15) is 0 Å². The van der Waals surface area contributed by atoms with E-state index < -0.39 is 23.2 Å². The van der Waals surface area contributed by atoms with E-state index in [1.807, 2.05) is 18.2 Å². The van der Waals surface area contributed by atoms with Crippen molar-refractivity contribution >= 4 is 29.9 Å². The van der Waals surface area contributed by atoms with Crippen LogP contribution in [0.3, 0.4) is 0 Å². The fraction of sp³-hybridized carbons (Fsp3) is 0.731. The van der Waals surface area contributed by atoms with Gasteiger partial charge in [-0.3, -0.25) is 14.4 Å². The Labute approximate surface area is 251 Å². The monoisotopic (exact) mass is 607 g/mol. The topological polar surface area (TPSA) is 209 Å². The van der Waals surface area contributed by atoms with Crippen LogP contribution in [0.4, 0.5) is 9.59 Å². The molecule has 0 aromatic rings. The lowest BCUT2D eigenvalue weighted by molar-refractivity contribution is -0.123. The summed E-state index contributed by atoms with van der Waals surface area (Å²) in [6, 6.07) is -1.39. The first-order chi connectivity index (χ1) is 20.3. The molecule has 2 aliphatic heterocycles. The first kappa shape index (κ1) is 32.2. The molecule has 4 rings (SSSR count). The summed E-state index contributed by atoms with van der Waals surface area (Å²) in [6.45, 7) is 6.67. The van der Waals surface area contributed by atoms with E-state index in [4.69, 9.17) is 22.3 Å². The number of nitrogens with two attached hydrogens (primary N) is 3. The number of amides is 5. The molecule has 0 radical (unpaired) electrons. The third kappa shape index (κ3) is 8.41. The highest BCUT2D eigenvalue weighted by molar-refractivity contribution is 7.98. The molecule has 0 aromatic carbocycles. The van der Waals surface area contributed by atoms with Crippen LogP contribution in [0, 0.1) is 17.8 Å². The number of hydrogen-bond donors (Lipinski definition) is 6. The van der Waals surface area contributed by atoms with E-state index in [1.54, 1.807) is 0 Å². The van der Waals surface area contributed by atoms with Crippen molar-refractivity contribution in [3.63, 3.8) is 0 Å². The predicted octanol–water partition coefficient (Wildman–Crippen LogP) is 0.933. The molecule has 0 spiro atoms. The van der Waals surface area contributed by atoms with Gasteiger partial charge >= 0.3 is 12.1 Å².